The molecule has 0 bridgehead atoms. The van der Waals surface area contributed by atoms with E-state index in [1.165, 1.54) is 7.11 Å². The van der Waals surface area contributed by atoms with Crippen LogP contribution >= 0.6 is 0 Å². The van der Waals surface area contributed by atoms with Crippen molar-refractivity contribution in [3.8, 4) is 0 Å². The molecule has 2 aliphatic rings. The van der Waals surface area contributed by atoms with Crippen LogP contribution in [0.1, 0.15) is 10.4 Å². The number of ether oxygens (including phenoxy) is 2. The van der Waals surface area contributed by atoms with Gasteiger partial charge in [0, 0.05) is 0 Å². The Morgan fingerprint density at radius 1 is 1.53 bits per heavy atom. The number of esters is 1. The quantitative estimate of drug-likeness (QED) is 0.744. The summed E-state index contributed by atoms with van der Waals surface area (Å²) in [5.41, 5.74) is 2.35. The van der Waals surface area contributed by atoms with E-state index in [9.17, 15) is 4.79 Å². The Morgan fingerprint density at radius 3 is 3.24 bits per heavy atom. The van der Waals surface area contributed by atoms with Gasteiger partial charge in [0.05, 0.1) is 30.6 Å². The average Bonchev–Trinajstić information content (AvgIpc) is 2.76. The number of methoxy groups -OCH3 is 1. The molecule has 3 rings (SSSR count). The minimum Gasteiger partial charge on any atom is -0.496 e. The molecular weight excluding hydrogens is 220 g/mol. The number of para-hydroxylation sites is 1. The molecule has 0 atom stereocenters. The summed E-state index contributed by atoms with van der Waals surface area (Å²) in [6.45, 7) is 1.33. The molecule has 2 aliphatic heterocycles. The van der Waals surface area contributed by atoms with Crippen molar-refractivity contribution in [1.82, 2.24) is 0 Å². The predicted molar refractivity (Wildman–Crippen MR) is 62.8 cm³/mol. The number of carbonyl (C=O) groups is 1. The van der Waals surface area contributed by atoms with E-state index in [0.717, 1.165) is 23.7 Å². The largest absolute Gasteiger partial charge is 0.496 e. The molecule has 0 aromatic heterocycles. The zero-order valence-electron chi connectivity index (χ0n) is 9.40. The van der Waals surface area contributed by atoms with Gasteiger partial charge in [0.15, 0.2) is 0 Å². The molecule has 0 radical (unpaired) electrons. The van der Waals surface area contributed by atoms with Crippen LogP contribution in [0.15, 0.2) is 30.3 Å². The first-order valence-electron chi connectivity index (χ1n) is 5.39. The standard InChI is InChI=1S/C12H12N2O3/c1-16-12(15)8-3-2-4-9-11(8)14-5-6-17-7-10(14)13-9/h2-4,7,13H,5-6H2,1H3. The second-order valence-electron chi connectivity index (χ2n) is 3.84. The molecule has 1 N–H and O–H groups in total. The molecule has 17 heavy (non-hydrogen) atoms. The van der Waals surface area contributed by atoms with Crippen LogP contribution < -0.4 is 10.2 Å². The Morgan fingerprint density at radius 2 is 2.41 bits per heavy atom. The highest BCUT2D eigenvalue weighted by Gasteiger charge is 2.30. The maximum Gasteiger partial charge on any atom is 0.340 e. The van der Waals surface area contributed by atoms with Gasteiger partial charge in [-0.15, -0.1) is 0 Å². The van der Waals surface area contributed by atoms with E-state index in [1.807, 2.05) is 17.0 Å². The highest BCUT2D eigenvalue weighted by Crippen LogP contribution is 2.40. The number of hydrogen-bond acceptors (Lipinski definition) is 5. The Labute approximate surface area is 98.6 Å². The van der Waals surface area contributed by atoms with E-state index in [4.69, 9.17) is 9.47 Å². The van der Waals surface area contributed by atoms with Crippen molar-refractivity contribution in [3.05, 3.63) is 35.8 Å². The molecule has 88 valence electrons. The number of carbonyl (C=O) groups excluding carboxylic acids is 1. The first-order chi connectivity index (χ1) is 8.31. The molecule has 2 heterocycles. The molecule has 0 saturated heterocycles. The Balaban J connectivity index is 2.12. The zero-order valence-corrected chi connectivity index (χ0v) is 9.40. The Bertz CT molecular complexity index is 510. The number of anilines is 2. The van der Waals surface area contributed by atoms with Crippen LogP contribution in [0.25, 0.3) is 0 Å². The van der Waals surface area contributed by atoms with Crippen molar-refractivity contribution in [3.63, 3.8) is 0 Å². The predicted octanol–water partition coefficient (Wildman–Crippen LogP) is 1.53. The summed E-state index contributed by atoms with van der Waals surface area (Å²) in [6, 6.07) is 5.53. The van der Waals surface area contributed by atoms with Gasteiger partial charge >= 0.3 is 5.97 Å². The van der Waals surface area contributed by atoms with Gasteiger partial charge in [-0.25, -0.2) is 4.79 Å². The average molecular weight is 232 g/mol. The van der Waals surface area contributed by atoms with E-state index < -0.39 is 0 Å². The van der Waals surface area contributed by atoms with Crippen LogP contribution in [0, 0.1) is 0 Å². The molecule has 0 spiro atoms. The second kappa shape index (κ2) is 3.69. The summed E-state index contributed by atoms with van der Waals surface area (Å²) >= 11 is 0. The molecule has 5 heteroatoms. The molecular formula is C12H12N2O3. The smallest absolute Gasteiger partial charge is 0.340 e. The van der Waals surface area contributed by atoms with Crippen LogP contribution in [0.4, 0.5) is 11.4 Å². The molecule has 0 aliphatic carbocycles. The number of hydrogen-bond donors (Lipinski definition) is 1. The summed E-state index contributed by atoms with van der Waals surface area (Å²) in [5.74, 6) is 0.541. The minimum absolute atomic E-state index is 0.323. The van der Waals surface area contributed by atoms with Gasteiger partial charge in [-0.3, -0.25) is 0 Å². The Kier molecular flexibility index (Phi) is 2.18. The molecule has 0 amide bonds. The van der Waals surface area contributed by atoms with E-state index in [1.54, 1.807) is 12.3 Å². The number of nitrogens with one attached hydrogen (secondary N) is 1. The van der Waals surface area contributed by atoms with Crippen molar-refractivity contribution < 1.29 is 14.3 Å². The number of nitrogens with zero attached hydrogens (tertiary/aromatic N) is 1. The minimum atomic E-state index is -0.323. The van der Waals surface area contributed by atoms with Crippen LogP contribution in [0.5, 0.6) is 0 Å². The third-order valence-corrected chi connectivity index (χ3v) is 2.89. The zero-order chi connectivity index (χ0) is 11.8. The van der Waals surface area contributed by atoms with Gasteiger partial charge in [-0.05, 0) is 12.1 Å². The van der Waals surface area contributed by atoms with Gasteiger partial charge in [-0.2, -0.15) is 0 Å². The van der Waals surface area contributed by atoms with Crippen molar-refractivity contribution >= 4 is 17.3 Å². The van der Waals surface area contributed by atoms with Gasteiger partial charge in [0.25, 0.3) is 0 Å². The molecule has 0 saturated carbocycles. The summed E-state index contributed by atoms with van der Waals surface area (Å²) in [7, 11) is 1.39. The van der Waals surface area contributed by atoms with Crippen LogP contribution in [-0.4, -0.2) is 26.2 Å². The van der Waals surface area contributed by atoms with Crippen LogP contribution in [-0.2, 0) is 9.47 Å². The van der Waals surface area contributed by atoms with Crippen molar-refractivity contribution in [2.75, 3.05) is 30.5 Å². The number of fused-ring (bicyclic) bond motifs is 3. The lowest BCUT2D eigenvalue weighted by Gasteiger charge is -2.24. The highest BCUT2D eigenvalue weighted by molar-refractivity contribution is 6.02. The fraction of sp³-hybridized carbons (Fsp3) is 0.250. The van der Waals surface area contributed by atoms with E-state index in [-0.39, 0.29) is 5.97 Å². The lowest BCUT2D eigenvalue weighted by Crippen LogP contribution is -2.29. The topological polar surface area (TPSA) is 50.8 Å². The van der Waals surface area contributed by atoms with Gasteiger partial charge < -0.3 is 19.7 Å². The maximum atomic E-state index is 11.7. The summed E-state index contributed by atoms with van der Waals surface area (Å²) in [4.78, 5) is 13.8. The summed E-state index contributed by atoms with van der Waals surface area (Å²) in [5, 5.41) is 3.21. The monoisotopic (exact) mass is 232 g/mol. The van der Waals surface area contributed by atoms with Gasteiger partial charge in [0.1, 0.15) is 18.7 Å². The van der Waals surface area contributed by atoms with E-state index in [2.05, 4.69) is 5.32 Å². The fourth-order valence-corrected chi connectivity index (χ4v) is 2.14. The molecule has 1 aromatic carbocycles. The molecule has 1 aromatic rings. The molecule has 0 fully saturated rings. The van der Waals surface area contributed by atoms with Crippen LogP contribution in [0.2, 0.25) is 0 Å². The van der Waals surface area contributed by atoms with Crippen molar-refractivity contribution in [2.24, 2.45) is 0 Å². The first-order valence-corrected chi connectivity index (χ1v) is 5.39. The third kappa shape index (κ3) is 1.43. The normalized spacial score (nSPS) is 16.3. The van der Waals surface area contributed by atoms with E-state index in [0.29, 0.717) is 12.2 Å². The second-order valence-corrected chi connectivity index (χ2v) is 3.84. The van der Waals surface area contributed by atoms with Crippen LogP contribution in [0.3, 0.4) is 0 Å². The maximum absolute atomic E-state index is 11.7. The third-order valence-electron chi connectivity index (χ3n) is 2.89. The van der Waals surface area contributed by atoms with Gasteiger partial charge in [-0.1, -0.05) is 6.07 Å². The lowest BCUT2D eigenvalue weighted by molar-refractivity contribution is 0.0601. The van der Waals surface area contributed by atoms with Gasteiger partial charge in [0.2, 0.25) is 0 Å². The SMILES string of the molecule is COC(=O)c1cccc2c1N1CCOC=C1N2. The highest BCUT2D eigenvalue weighted by atomic mass is 16.5. The lowest BCUT2D eigenvalue weighted by atomic mass is 10.1. The molecule has 5 nitrogen and oxygen atoms in total. The Hall–Kier alpha value is -2.17. The summed E-state index contributed by atoms with van der Waals surface area (Å²) in [6.07, 6.45) is 1.67. The summed E-state index contributed by atoms with van der Waals surface area (Å²) < 4.78 is 10.1. The first kappa shape index (κ1) is 10.0. The van der Waals surface area contributed by atoms with E-state index >= 15 is 0 Å². The molecule has 0 unspecified atom stereocenters. The van der Waals surface area contributed by atoms with Crippen molar-refractivity contribution in [2.45, 2.75) is 0 Å². The van der Waals surface area contributed by atoms with Crippen molar-refractivity contribution in [1.29, 1.82) is 0 Å². The number of benzene rings is 1. The fourth-order valence-electron chi connectivity index (χ4n) is 2.14. The number of rotatable bonds is 1.